The Hall–Kier alpha value is -4.54. The Balaban J connectivity index is 2.77. The van der Waals surface area contributed by atoms with E-state index in [0.29, 0.717) is 0 Å². The number of ether oxygens (including phenoxy) is 6. The molecule has 1 heterocycles. The van der Waals surface area contributed by atoms with Gasteiger partial charge in [-0.25, -0.2) is 4.99 Å². The van der Waals surface area contributed by atoms with Crippen LogP contribution in [0.4, 0.5) is 18.9 Å². The van der Waals surface area contributed by atoms with Gasteiger partial charge >= 0.3 is 36.0 Å². The summed E-state index contributed by atoms with van der Waals surface area (Å²) in [5.74, 6) is -10.2. The van der Waals surface area contributed by atoms with Crippen LogP contribution in [0.5, 0.6) is 0 Å². The molecule has 6 atom stereocenters. The van der Waals surface area contributed by atoms with Crippen molar-refractivity contribution >= 4 is 47.2 Å². The van der Waals surface area contributed by atoms with E-state index < -0.39 is 103 Å². The van der Waals surface area contributed by atoms with Gasteiger partial charge in [-0.2, -0.15) is 13.2 Å². The summed E-state index contributed by atoms with van der Waals surface area (Å²) in [5.41, 5.74) is -0.193. The van der Waals surface area contributed by atoms with E-state index in [2.05, 4.69) is 10.3 Å². The molecule has 1 N–H and O–H groups in total. The molecule has 1 aliphatic rings. The summed E-state index contributed by atoms with van der Waals surface area (Å²) in [7, 11) is 0. The lowest BCUT2D eigenvalue weighted by Crippen LogP contribution is -2.68. The molecule has 46 heavy (non-hydrogen) atoms. The zero-order valence-corrected chi connectivity index (χ0v) is 25.9. The van der Waals surface area contributed by atoms with E-state index in [4.69, 9.17) is 28.4 Å². The van der Waals surface area contributed by atoms with E-state index in [1.54, 1.807) is 0 Å². The van der Waals surface area contributed by atoms with Crippen LogP contribution in [-0.4, -0.2) is 90.5 Å². The minimum atomic E-state index is -5.28. The second-order valence-corrected chi connectivity index (χ2v) is 10.2. The monoisotopic (exact) mass is 660 g/mol. The number of aliphatic imine (C=N–C) groups is 1. The molecule has 2 unspecified atom stereocenters. The first-order chi connectivity index (χ1) is 21.3. The van der Waals surface area contributed by atoms with Crippen molar-refractivity contribution in [2.45, 2.75) is 96.8 Å². The third-order valence-electron chi connectivity index (χ3n) is 6.25. The number of halogens is 3. The average Bonchev–Trinajstić information content (AvgIpc) is 2.91. The lowest BCUT2D eigenvalue weighted by molar-refractivity contribution is -0.282. The van der Waals surface area contributed by atoms with Gasteiger partial charge in [-0.05, 0) is 12.1 Å². The SMILES string of the molecule is CC(=O)N[C@@H]1C(OC(C)=O)C[C@@](OC(=Nc2ccccc2)C(F)(F)F)(C(C)=O)OC1[C@@H](C[C@@H](COC(C)=O)OC(C)=O)OC(C)=O. The summed E-state index contributed by atoms with van der Waals surface area (Å²) in [5, 5.41) is 2.46. The van der Waals surface area contributed by atoms with E-state index in [1.807, 2.05) is 0 Å². The van der Waals surface area contributed by atoms with E-state index in [9.17, 15) is 41.9 Å². The molecule has 0 radical (unpaired) electrons. The highest BCUT2D eigenvalue weighted by atomic mass is 19.4. The highest BCUT2D eigenvalue weighted by Gasteiger charge is 2.59. The Morgan fingerprint density at radius 2 is 1.54 bits per heavy atom. The maximum Gasteiger partial charge on any atom is 0.468 e. The van der Waals surface area contributed by atoms with Gasteiger partial charge in [0.15, 0.2) is 0 Å². The molecular formula is C29H35F3N2O12. The van der Waals surface area contributed by atoms with Gasteiger partial charge in [-0.3, -0.25) is 28.8 Å². The number of esters is 4. The van der Waals surface area contributed by atoms with Gasteiger partial charge in [0.1, 0.15) is 31.0 Å². The number of alkyl halides is 3. The quantitative estimate of drug-likeness (QED) is 0.150. The molecule has 1 amide bonds. The Morgan fingerprint density at radius 1 is 0.935 bits per heavy atom. The molecule has 2 rings (SSSR count). The number of Topliss-reactive ketones (excluding diaryl/α,β-unsaturated/α-hetero) is 1. The van der Waals surface area contributed by atoms with Gasteiger partial charge in [-0.15, -0.1) is 0 Å². The summed E-state index contributed by atoms with van der Waals surface area (Å²) in [6, 6.07) is 5.37. The number of amides is 1. The van der Waals surface area contributed by atoms with Gasteiger partial charge in [0.25, 0.3) is 5.79 Å². The molecule has 0 aromatic heterocycles. The minimum Gasteiger partial charge on any atom is -0.462 e. The molecule has 1 saturated heterocycles. The number of nitrogens with one attached hydrogen (secondary N) is 1. The fourth-order valence-electron chi connectivity index (χ4n) is 4.59. The summed E-state index contributed by atoms with van der Waals surface area (Å²) in [4.78, 5) is 76.7. The maximum absolute atomic E-state index is 14.3. The predicted octanol–water partition coefficient (Wildman–Crippen LogP) is 2.62. The molecule has 254 valence electrons. The molecule has 17 heteroatoms. The van der Waals surface area contributed by atoms with Crippen LogP contribution in [0.3, 0.4) is 0 Å². The summed E-state index contributed by atoms with van der Waals surface area (Å²) >= 11 is 0. The van der Waals surface area contributed by atoms with Crippen LogP contribution in [0.2, 0.25) is 0 Å². The molecule has 0 spiro atoms. The minimum absolute atomic E-state index is 0.193. The average molecular weight is 661 g/mol. The number of hydrogen-bond acceptors (Lipinski definition) is 13. The maximum atomic E-state index is 14.3. The van der Waals surface area contributed by atoms with Crippen LogP contribution in [0.15, 0.2) is 35.3 Å². The lowest BCUT2D eigenvalue weighted by atomic mass is 9.87. The molecule has 0 aliphatic carbocycles. The molecule has 14 nitrogen and oxygen atoms in total. The smallest absolute Gasteiger partial charge is 0.462 e. The van der Waals surface area contributed by atoms with E-state index in [0.717, 1.165) is 41.5 Å². The lowest BCUT2D eigenvalue weighted by Gasteiger charge is -2.48. The van der Waals surface area contributed by atoms with Gasteiger partial charge in [0.05, 0.1) is 18.2 Å². The van der Waals surface area contributed by atoms with Crippen LogP contribution in [-0.2, 0) is 57.2 Å². The highest BCUT2D eigenvalue weighted by Crippen LogP contribution is 2.39. The standard InChI is InChI=1S/C29H35F3N2O12/c1-15(35)28(46-27(29(30,31)32)34-21-10-8-7-9-11-21)13-24(44-20(6)40)25(33-16(2)36)26(45-28)23(43-19(5)39)12-22(42-18(4)38)14-41-17(3)37/h7-11,22-26H,12-14H2,1-6H3,(H,33,36)/t22-,23+,24?,25+,26?,28+/m0/s1. The number of para-hydroxylation sites is 1. The molecule has 1 aromatic carbocycles. The molecule has 1 fully saturated rings. The summed E-state index contributed by atoms with van der Waals surface area (Å²) in [6.45, 7) is 5.43. The third kappa shape index (κ3) is 11.4. The fourth-order valence-corrected chi connectivity index (χ4v) is 4.59. The predicted molar refractivity (Wildman–Crippen MR) is 149 cm³/mol. The molecule has 0 saturated carbocycles. The van der Waals surface area contributed by atoms with Crippen LogP contribution in [0.1, 0.15) is 54.4 Å². The van der Waals surface area contributed by atoms with Crippen LogP contribution < -0.4 is 5.32 Å². The first-order valence-corrected chi connectivity index (χ1v) is 13.8. The highest BCUT2D eigenvalue weighted by molar-refractivity contribution is 5.91. The van der Waals surface area contributed by atoms with Crippen molar-refractivity contribution in [3.05, 3.63) is 30.3 Å². The first kappa shape index (κ1) is 37.6. The Labute approximate surface area is 261 Å². The van der Waals surface area contributed by atoms with Crippen molar-refractivity contribution in [2.75, 3.05) is 6.61 Å². The van der Waals surface area contributed by atoms with E-state index >= 15 is 0 Å². The number of nitrogens with zero attached hydrogens (tertiary/aromatic N) is 1. The number of ketones is 1. The van der Waals surface area contributed by atoms with Crippen molar-refractivity contribution in [3.8, 4) is 0 Å². The first-order valence-electron chi connectivity index (χ1n) is 13.8. The fraction of sp³-hybridized carbons (Fsp3) is 0.552. The Bertz CT molecular complexity index is 1320. The molecule has 0 bridgehead atoms. The number of carbonyl (C=O) groups excluding carboxylic acids is 6. The van der Waals surface area contributed by atoms with Crippen molar-refractivity contribution in [1.29, 1.82) is 0 Å². The van der Waals surface area contributed by atoms with Crippen LogP contribution in [0, 0.1) is 0 Å². The largest absolute Gasteiger partial charge is 0.468 e. The van der Waals surface area contributed by atoms with Crippen molar-refractivity contribution in [2.24, 2.45) is 4.99 Å². The second kappa shape index (κ2) is 16.1. The zero-order valence-electron chi connectivity index (χ0n) is 25.9. The summed E-state index contributed by atoms with van der Waals surface area (Å²) < 4.78 is 75.0. The number of rotatable bonds is 12. The van der Waals surface area contributed by atoms with Crippen LogP contribution in [0.25, 0.3) is 0 Å². The van der Waals surface area contributed by atoms with Gasteiger partial charge in [0, 0.05) is 48.0 Å². The zero-order chi connectivity index (χ0) is 34.8. The Morgan fingerprint density at radius 3 is 2.02 bits per heavy atom. The van der Waals surface area contributed by atoms with Gasteiger partial charge in [-0.1, -0.05) is 18.2 Å². The van der Waals surface area contributed by atoms with Crippen molar-refractivity contribution in [1.82, 2.24) is 5.32 Å². The molecule has 1 aliphatic heterocycles. The van der Waals surface area contributed by atoms with Crippen molar-refractivity contribution < 1.29 is 70.4 Å². The van der Waals surface area contributed by atoms with Gasteiger partial charge < -0.3 is 33.7 Å². The van der Waals surface area contributed by atoms with E-state index in [-0.39, 0.29) is 5.69 Å². The molecule has 1 aromatic rings. The number of benzene rings is 1. The summed E-state index contributed by atoms with van der Waals surface area (Å²) in [6.07, 6.45) is -13.0. The molecular weight excluding hydrogens is 625 g/mol. The van der Waals surface area contributed by atoms with Gasteiger partial charge in [0.2, 0.25) is 11.7 Å². The van der Waals surface area contributed by atoms with Crippen molar-refractivity contribution in [3.63, 3.8) is 0 Å². The number of carbonyl (C=O) groups is 6. The normalized spacial score (nSPS) is 22.8. The van der Waals surface area contributed by atoms with E-state index in [1.165, 1.54) is 30.3 Å². The Kier molecular flexibility index (Phi) is 13.2. The van der Waals surface area contributed by atoms with Crippen LogP contribution >= 0.6 is 0 Å². The topological polar surface area (TPSA) is 182 Å². The number of hydrogen-bond donors (Lipinski definition) is 1. The second-order valence-electron chi connectivity index (χ2n) is 10.2. The third-order valence-corrected chi connectivity index (χ3v) is 6.25.